The van der Waals surface area contributed by atoms with Crippen molar-refractivity contribution in [1.29, 1.82) is 0 Å². The first-order valence-corrected chi connectivity index (χ1v) is 10.9. The molecule has 0 aliphatic carbocycles. The minimum Gasteiger partial charge on any atom is -0.496 e. The van der Waals surface area contributed by atoms with Crippen molar-refractivity contribution in [3.8, 4) is 16.9 Å². The Hall–Kier alpha value is -3.48. The van der Waals surface area contributed by atoms with Gasteiger partial charge in [-0.1, -0.05) is 18.2 Å². The molecule has 1 aromatic carbocycles. The normalized spacial score (nSPS) is 16.0. The van der Waals surface area contributed by atoms with Crippen LogP contribution in [-0.4, -0.2) is 53.5 Å². The number of hydrogen-bond acceptors (Lipinski definition) is 6. The predicted molar refractivity (Wildman–Crippen MR) is 125 cm³/mol. The topological polar surface area (TPSA) is 71.5 Å². The van der Waals surface area contributed by atoms with E-state index in [0.717, 1.165) is 53.9 Å². The van der Waals surface area contributed by atoms with E-state index in [2.05, 4.69) is 9.97 Å². The van der Waals surface area contributed by atoms with E-state index >= 15 is 0 Å². The van der Waals surface area contributed by atoms with Crippen LogP contribution in [0.15, 0.2) is 55.0 Å². The van der Waals surface area contributed by atoms with Crippen LogP contribution < -0.4 is 9.64 Å². The first-order valence-electron chi connectivity index (χ1n) is 10.9. The highest BCUT2D eigenvalue weighted by atomic mass is 16.5. The van der Waals surface area contributed by atoms with Crippen molar-refractivity contribution < 1.29 is 9.53 Å². The number of hydrogen-bond donors (Lipinski definition) is 0. The molecule has 0 saturated carbocycles. The summed E-state index contributed by atoms with van der Waals surface area (Å²) < 4.78 is 5.46. The number of piperidine rings is 1. The van der Waals surface area contributed by atoms with Crippen molar-refractivity contribution in [1.82, 2.24) is 19.9 Å². The maximum atomic E-state index is 13.5. The molecule has 0 spiro atoms. The summed E-state index contributed by atoms with van der Waals surface area (Å²) in [7, 11) is 5.49. The van der Waals surface area contributed by atoms with Gasteiger partial charge in [0.2, 0.25) is 11.9 Å². The van der Waals surface area contributed by atoms with Crippen LogP contribution in [0.1, 0.15) is 36.6 Å². The van der Waals surface area contributed by atoms with Crippen LogP contribution in [0.25, 0.3) is 11.1 Å². The molecular weight excluding hydrogens is 402 g/mol. The molecule has 166 valence electrons. The monoisotopic (exact) mass is 431 g/mol. The van der Waals surface area contributed by atoms with E-state index in [-0.39, 0.29) is 11.9 Å². The molecule has 1 atom stereocenters. The first-order chi connectivity index (χ1) is 15.6. The number of methoxy groups -OCH3 is 1. The number of aromatic nitrogens is 3. The zero-order chi connectivity index (χ0) is 22.5. The molecule has 1 aliphatic rings. The lowest BCUT2D eigenvalue weighted by atomic mass is 9.93. The molecule has 1 amide bonds. The molecule has 4 rings (SSSR count). The molecule has 3 heterocycles. The Morgan fingerprint density at radius 3 is 2.69 bits per heavy atom. The number of rotatable bonds is 6. The fourth-order valence-electron chi connectivity index (χ4n) is 4.24. The van der Waals surface area contributed by atoms with Gasteiger partial charge in [-0.05, 0) is 43.0 Å². The van der Waals surface area contributed by atoms with E-state index in [0.29, 0.717) is 12.4 Å². The zero-order valence-electron chi connectivity index (χ0n) is 18.9. The number of carbonyl (C=O) groups excluding carboxylic acids is 1. The number of benzene rings is 1. The number of nitrogens with zero attached hydrogens (tertiary/aromatic N) is 5. The van der Waals surface area contributed by atoms with Crippen LogP contribution in [0.5, 0.6) is 5.75 Å². The fraction of sp³-hybridized carbons (Fsp3) is 0.360. The van der Waals surface area contributed by atoms with Gasteiger partial charge in [-0.25, -0.2) is 9.97 Å². The number of anilines is 1. The number of carbonyl (C=O) groups is 1. The van der Waals surface area contributed by atoms with Gasteiger partial charge in [-0.15, -0.1) is 0 Å². The molecule has 7 nitrogen and oxygen atoms in total. The maximum Gasteiger partial charge on any atom is 0.227 e. The molecule has 3 aromatic rings. The van der Waals surface area contributed by atoms with Crippen LogP contribution in [0.4, 0.5) is 5.95 Å². The largest absolute Gasteiger partial charge is 0.496 e. The highest BCUT2D eigenvalue weighted by Crippen LogP contribution is 2.36. The maximum absolute atomic E-state index is 13.5. The summed E-state index contributed by atoms with van der Waals surface area (Å²) in [5, 5.41) is 0. The molecule has 1 saturated heterocycles. The third-order valence-electron chi connectivity index (χ3n) is 5.87. The number of likely N-dealkylation sites (tertiary alicyclic amines) is 1. The van der Waals surface area contributed by atoms with E-state index in [1.165, 1.54) is 0 Å². The average molecular weight is 432 g/mol. The highest BCUT2D eigenvalue weighted by molar-refractivity contribution is 5.80. The third-order valence-corrected chi connectivity index (χ3v) is 5.87. The van der Waals surface area contributed by atoms with Gasteiger partial charge in [0.15, 0.2) is 0 Å². The molecule has 0 bridgehead atoms. The van der Waals surface area contributed by atoms with Crippen molar-refractivity contribution in [3.63, 3.8) is 0 Å². The average Bonchev–Trinajstić information content (AvgIpc) is 2.84. The summed E-state index contributed by atoms with van der Waals surface area (Å²) in [5.74, 6) is 1.47. The second-order valence-electron chi connectivity index (χ2n) is 8.19. The van der Waals surface area contributed by atoms with Crippen LogP contribution in [0, 0.1) is 0 Å². The molecule has 0 radical (unpaired) electrons. The van der Waals surface area contributed by atoms with Crippen LogP contribution in [0.3, 0.4) is 0 Å². The Morgan fingerprint density at radius 2 is 1.94 bits per heavy atom. The van der Waals surface area contributed by atoms with Gasteiger partial charge in [0.25, 0.3) is 0 Å². The zero-order valence-corrected chi connectivity index (χ0v) is 18.9. The smallest absolute Gasteiger partial charge is 0.227 e. The number of pyridine rings is 1. The quantitative estimate of drug-likeness (QED) is 0.589. The van der Waals surface area contributed by atoms with E-state index in [1.807, 2.05) is 66.5 Å². The molecule has 2 aromatic heterocycles. The van der Waals surface area contributed by atoms with E-state index in [4.69, 9.17) is 9.72 Å². The molecule has 7 heteroatoms. The molecule has 0 unspecified atom stereocenters. The van der Waals surface area contributed by atoms with Crippen LogP contribution in [0.2, 0.25) is 0 Å². The lowest BCUT2D eigenvalue weighted by Gasteiger charge is -2.36. The van der Waals surface area contributed by atoms with Gasteiger partial charge in [0.05, 0.1) is 25.3 Å². The minimum atomic E-state index is -0.101. The summed E-state index contributed by atoms with van der Waals surface area (Å²) in [6.07, 6.45) is 8.63. The second kappa shape index (κ2) is 9.77. The van der Waals surface area contributed by atoms with Gasteiger partial charge in [0.1, 0.15) is 5.75 Å². The van der Waals surface area contributed by atoms with Crippen molar-refractivity contribution in [2.45, 2.75) is 31.7 Å². The van der Waals surface area contributed by atoms with Gasteiger partial charge < -0.3 is 14.5 Å². The Labute approximate surface area is 189 Å². The summed E-state index contributed by atoms with van der Waals surface area (Å²) >= 11 is 0. The van der Waals surface area contributed by atoms with Crippen molar-refractivity contribution in [2.24, 2.45) is 0 Å². The van der Waals surface area contributed by atoms with E-state index in [9.17, 15) is 4.79 Å². The van der Waals surface area contributed by atoms with E-state index < -0.39 is 0 Å². The minimum absolute atomic E-state index is 0.0879. The van der Waals surface area contributed by atoms with Crippen molar-refractivity contribution in [3.05, 3.63) is 66.2 Å². The Balaban J connectivity index is 1.71. The van der Waals surface area contributed by atoms with Gasteiger partial charge in [0, 0.05) is 50.4 Å². The lowest BCUT2D eigenvalue weighted by Crippen LogP contribution is -2.40. The van der Waals surface area contributed by atoms with Gasteiger partial charge in [-0.2, -0.15) is 0 Å². The number of para-hydroxylation sites is 1. The molecule has 0 N–H and O–H groups in total. The standard InChI is InChI=1S/C25H29N5O2/c1-29(2)25-27-17-20(18-11-13-26-14-12-18)24(28-25)21-9-6-7-15-30(21)23(31)16-19-8-4-5-10-22(19)32-3/h4-5,8,10-14,17,21H,6-7,9,15-16H2,1-3H3/t21-/m1/s1. The van der Waals surface area contributed by atoms with Gasteiger partial charge in [-0.3, -0.25) is 9.78 Å². The summed E-state index contributed by atoms with van der Waals surface area (Å²) in [6.45, 7) is 0.718. The Kier molecular flexibility index (Phi) is 6.63. The Morgan fingerprint density at radius 1 is 1.16 bits per heavy atom. The second-order valence-corrected chi connectivity index (χ2v) is 8.19. The van der Waals surface area contributed by atoms with Crippen LogP contribution >= 0.6 is 0 Å². The number of amides is 1. The SMILES string of the molecule is COc1ccccc1CC(=O)N1CCCC[C@@H]1c1nc(N(C)C)ncc1-c1ccncc1. The fourth-order valence-corrected chi connectivity index (χ4v) is 4.24. The molecule has 1 fully saturated rings. The number of ether oxygens (including phenoxy) is 1. The van der Waals surface area contributed by atoms with E-state index in [1.54, 1.807) is 19.5 Å². The van der Waals surface area contributed by atoms with Crippen molar-refractivity contribution in [2.75, 3.05) is 32.6 Å². The van der Waals surface area contributed by atoms with Gasteiger partial charge >= 0.3 is 0 Å². The van der Waals surface area contributed by atoms with Crippen LogP contribution in [-0.2, 0) is 11.2 Å². The summed E-state index contributed by atoms with van der Waals surface area (Å²) in [5.41, 5.74) is 3.74. The first kappa shape index (κ1) is 21.7. The Bertz CT molecular complexity index is 1070. The summed E-state index contributed by atoms with van der Waals surface area (Å²) in [6, 6.07) is 11.5. The summed E-state index contributed by atoms with van der Waals surface area (Å²) in [4.78, 5) is 31.0. The van der Waals surface area contributed by atoms with Crippen molar-refractivity contribution >= 4 is 11.9 Å². The molecular formula is C25H29N5O2. The molecule has 32 heavy (non-hydrogen) atoms. The molecule has 1 aliphatic heterocycles. The highest BCUT2D eigenvalue weighted by Gasteiger charge is 2.32. The lowest BCUT2D eigenvalue weighted by molar-refractivity contribution is -0.134. The predicted octanol–water partition coefficient (Wildman–Crippen LogP) is 3.91. The third kappa shape index (κ3) is 4.56.